The largest absolute Gasteiger partial charge is 0.339 e. The Bertz CT molecular complexity index is 539. The number of hydrogen-bond donors (Lipinski definition) is 0. The number of benzene rings is 1. The minimum atomic E-state index is 0.178. The molecule has 1 fully saturated rings. The maximum atomic E-state index is 12.3. The number of rotatable bonds is 2. The van der Waals surface area contributed by atoms with E-state index < -0.39 is 0 Å². The van der Waals surface area contributed by atoms with E-state index in [0.717, 1.165) is 31.5 Å². The van der Waals surface area contributed by atoms with Crippen molar-refractivity contribution < 1.29 is 4.79 Å². The molecule has 0 spiro atoms. The van der Waals surface area contributed by atoms with E-state index in [1.165, 1.54) is 16.9 Å². The minimum absolute atomic E-state index is 0.178. The molecule has 0 radical (unpaired) electrons. The SMILES string of the molecule is O=C(c1ccc(-c2cccs2)cc1)N1CCCCC1. The molecule has 19 heavy (non-hydrogen) atoms. The van der Waals surface area contributed by atoms with Crippen LogP contribution in [0.1, 0.15) is 29.6 Å². The van der Waals surface area contributed by atoms with Gasteiger partial charge in [-0.25, -0.2) is 0 Å². The normalized spacial score (nSPS) is 15.5. The summed E-state index contributed by atoms with van der Waals surface area (Å²) in [5, 5.41) is 2.07. The molecular weight excluding hydrogens is 254 g/mol. The molecule has 3 rings (SSSR count). The van der Waals surface area contributed by atoms with Gasteiger partial charge in [0.2, 0.25) is 0 Å². The molecule has 2 heterocycles. The van der Waals surface area contributed by atoms with Crippen LogP contribution in [0, 0.1) is 0 Å². The molecule has 2 aromatic rings. The van der Waals surface area contributed by atoms with Crippen LogP contribution in [-0.4, -0.2) is 23.9 Å². The second kappa shape index (κ2) is 5.57. The van der Waals surface area contributed by atoms with Crippen LogP contribution in [0.25, 0.3) is 10.4 Å². The monoisotopic (exact) mass is 271 g/mol. The summed E-state index contributed by atoms with van der Waals surface area (Å²) in [5.41, 5.74) is 1.99. The lowest BCUT2D eigenvalue weighted by atomic mass is 10.1. The molecule has 1 aliphatic heterocycles. The van der Waals surface area contributed by atoms with Gasteiger partial charge in [-0.15, -0.1) is 11.3 Å². The fraction of sp³-hybridized carbons (Fsp3) is 0.312. The smallest absolute Gasteiger partial charge is 0.253 e. The van der Waals surface area contributed by atoms with Crippen molar-refractivity contribution in [2.24, 2.45) is 0 Å². The molecular formula is C16H17NOS. The van der Waals surface area contributed by atoms with Gasteiger partial charge in [0.15, 0.2) is 0 Å². The number of carbonyl (C=O) groups is 1. The Hall–Kier alpha value is -1.61. The predicted molar refractivity (Wildman–Crippen MR) is 79.5 cm³/mol. The maximum Gasteiger partial charge on any atom is 0.253 e. The fourth-order valence-electron chi connectivity index (χ4n) is 2.50. The summed E-state index contributed by atoms with van der Waals surface area (Å²) in [5.74, 6) is 0.178. The van der Waals surface area contributed by atoms with Crippen LogP contribution in [-0.2, 0) is 0 Å². The first kappa shape index (κ1) is 12.4. The summed E-state index contributed by atoms with van der Waals surface area (Å²) in [7, 11) is 0. The lowest BCUT2D eigenvalue weighted by molar-refractivity contribution is 0.0724. The van der Waals surface area contributed by atoms with Crippen LogP contribution in [0.15, 0.2) is 41.8 Å². The van der Waals surface area contributed by atoms with Crippen molar-refractivity contribution >= 4 is 17.2 Å². The van der Waals surface area contributed by atoms with Crippen LogP contribution in [0.4, 0.5) is 0 Å². The first-order valence-corrected chi connectivity index (χ1v) is 7.66. The summed E-state index contributed by atoms with van der Waals surface area (Å²) >= 11 is 1.72. The van der Waals surface area contributed by atoms with Crippen molar-refractivity contribution in [2.45, 2.75) is 19.3 Å². The zero-order valence-electron chi connectivity index (χ0n) is 10.8. The van der Waals surface area contributed by atoms with E-state index in [9.17, 15) is 4.79 Å². The highest BCUT2D eigenvalue weighted by Gasteiger charge is 2.17. The Kier molecular flexibility index (Phi) is 3.65. The van der Waals surface area contributed by atoms with E-state index in [1.54, 1.807) is 11.3 Å². The minimum Gasteiger partial charge on any atom is -0.339 e. The van der Waals surface area contributed by atoms with Crippen molar-refractivity contribution in [3.05, 3.63) is 47.3 Å². The van der Waals surface area contributed by atoms with Gasteiger partial charge >= 0.3 is 0 Å². The van der Waals surface area contributed by atoms with Gasteiger partial charge in [-0.2, -0.15) is 0 Å². The molecule has 0 N–H and O–H groups in total. The van der Waals surface area contributed by atoms with Crippen molar-refractivity contribution in [3.8, 4) is 10.4 Å². The summed E-state index contributed by atoms with van der Waals surface area (Å²) in [6.45, 7) is 1.82. The predicted octanol–water partition coefficient (Wildman–Crippen LogP) is 4.04. The second-order valence-corrected chi connectivity index (χ2v) is 5.86. The first-order chi connectivity index (χ1) is 9.34. The van der Waals surface area contributed by atoms with Gasteiger partial charge in [0.05, 0.1) is 0 Å². The highest BCUT2D eigenvalue weighted by Crippen LogP contribution is 2.25. The molecule has 0 saturated carbocycles. The highest BCUT2D eigenvalue weighted by atomic mass is 32.1. The summed E-state index contributed by atoms with van der Waals surface area (Å²) in [4.78, 5) is 15.5. The molecule has 1 saturated heterocycles. The van der Waals surface area contributed by atoms with E-state index in [0.29, 0.717) is 0 Å². The molecule has 0 aliphatic carbocycles. The Morgan fingerprint density at radius 2 is 1.74 bits per heavy atom. The average Bonchev–Trinajstić information content (AvgIpc) is 3.02. The number of amides is 1. The van der Waals surface area contributed by atoms with Crippen molar-refractivity contribution in [1.29, 1.82) is 0 Å². The summed E-state index contributed by atoms with van der Waals surface area (Å²) < 4.78 is 0. The topological polar surface area (TPSA) is 20.3 Å². The first-order valence-electron chi connectivity index (χ1n) is 6.78. The molecule has 0 atom stereocenters. The van der Waals surface area contributed by atoms with Crippen LogP contribution < -0.4 is 0 Å². The molecule has 1 amide bonds. The zero-order valence-corrected chi connectivity index (χ0v) is 11.7. The quantitative estimate of drug-likeness (QED) is 0.807. The van der Waals surface area contributed by atoms with Gasteiger partial charge in [-0.3, -0.25) is 4.79 Å². The van der Waals surface area contributed by atoms with Crippen molar-refractivity contribution in [1.82, 2.24) is 4.90 Å². The third-order valence-corrected chi connectivity index (χ3v) is 4.50. The molecule has 0 unspecified atom stereocenters. The van der Waals surface area contributed by atoms with Crippen LogP contribution in [0.2, 0.25) is 0 Å². The lowest BCUT2D eigenvalue weighted by Crippen LogP contribution is -2.35. The highest BCUT2D eigenvalue weighted by molar-refractivity contribution is 7.13. The Labute approximate surface area is 117 Å². The maximum absolute atomic E-state index is 12.3. The number of piperidine rings is 1. The van der Waals surface area contributed by atoms with E-state index in [1.807, 2.05) is 35.2 Å². The molecule has 1 aromatic heterocycles. The molecule has 2 nitrogen and oxygen atoms in total. The summed E-state index contributed by atoms with van der Waals surface area (Å²) in [6.07, 6.45) is 3.53. The van der Waals surface area contributed by atoms with E-state index in [2.05, 4.69) is 11.4 Å². The van der Waals surface area contributed by atoms with Crippen molar-refractivity contribution in [3.63, 3.8) is 0 Å². The molecule has 1 aliphatic rings. The Morgan fingerprint density at radius 1 is 1.00 bits per heavy atom. The van der Waals surface area contributed by atoms with E-state index >= 15 is 0 Å². The Balaban J connectivity index is 1.76. The number of hydrogen-bond acceptors (Lipinski definition) is 2. The van der Waals surface area contributed by atoms with Gasteiger partial charge in [-0.1, -0.05) is 18.2 Å². The van der Waals surface area contributed by atoms with E-state index in [-0.39, 0.29) is 5.91 Å². The van der Waals surface area contributed by atoms with Gasteiger partial charge in [0, 0.05) is 23.5 Å². The fourth-order valence-corrected chi connectivity index (χ4v) is 3.23. The van der Waals surface area contributed by atoms with Gasteiger partial charge in [-0.05, 0) is 48.4 Å². The third kappa shape index (κ3) is 2.71. The molecule has 0 bridgehead atoms. The Morgan fingerprint density at radius 3 is 2.37 bits per heavy atom. The molecule has 3 heteroatoms. The third-order valence-electron chi connectivity index (χ3n) is 3.58. The van der Waals surface area contributed by atoms with Crippen LogP contribution in [0.5, 0.6) is 0 Å². The van der Waals surface area contributed by atoms with Crippen LogP contribution >= 0.6 is 11.3 Å². The number of likely N-dealkylation sites (tertiary alicyclic amines) is 1. The molecule has 98 valence electrons. The molecule has 1 aromatic carbocycles. The number of nitrogens with zero attached hydrogens (tertiary/aromatic N) is 1. The van der Waals surface area contributed by atoms with E-state index in [4.69, 9.17) is 0 Å². The van der Waals surface area contributed by atoms with Crippen molar-refractivity contribution in [2.75, 3.05) is 13.1 Å². The zero-order chi connectivity index (χ0) is 13.1. The lowest BCUT2D eigenvalue weighted by Gasteiger charge is -2.26. The number of thiophene rings is 1. The number of carbonyl (C=O) groups excluding carboxylic acids is 1. The second-order valence-electron chi connectivity index (χ2n) is 4.91. The standard InChI is InChI=1S/C16H17NOS/c18-16(17-10-2-1-3-11-17)14-8-6-13(7-9-14)15-5-4-12-19-15/h4-9,12H,1-3,10-11H2. The summed E-state index contributed by atoms with van der Waals surface area (Å²) in [6, 6.07) is 12.1. The van der Waals surface area contributed by atoms with Gasteiger partial charge in [0.1, 0.15) is 0 Å². The average molecular weight is 271 g/mol. The van der Waals surface area contributed by atoms with Crippen LogP contribution in [0.3, 0.4) is 0 Å². The van der Waals surface area contributed by atoms with Gasteiger partial charge in [0.25, 0.3) is 5.91 Å². The van der Waals surface area contributed by atoms with Gasteiger partial charge < -0.3 is 4.90 Å².